The summed E-state index contributed by atoms with van der Waals surface area (Å²) in [5.74, 6) is -2.74. The molecule has 11 heteroatoms. The van der Waals surface area contributed by atoms with Gasteiger partial charge in [0.05, 0.1) is 12.0 Å². The molecule has 0 spiro atoms. The number of nitro groups is 1. The summed E-state index contributed by atoms with van der Waals surface area (Å²) in [7, 11) is 0. The second-order valence-corrected chi connectivity index (χ2v) is 7.55. The fourth-order valence-electron chi connectivity index (χ4n) is 2.81. The molecule has 122 valence electrons. The normalized spacial score (nSPS) is 28.9. The van der Waals surface area contributed by atoms with Crippen LogP contribution in [0.3, 0.4) is 0 Å². The number of carbonyl (C=O) groups is 3. The molecule has 23 heavy (non-hydrogen) atoms. The third kappa shape index (κ3) is 3.35. The van der Waals surface area contributed by atoms with Crippen LogP contribution in [-0.4, -0.2) is 55.9 Å². The Morgan fingerprint density at radius 3 is 2.48 bits per heavy atom. The summed E-state index contributed by atoms with van der Waals surface area (Å²) in [4.78, 5) is 46.4. The minimum Gasteiger partial charge on any atom is -0.548 e. The number of aliphatic carboxylic acids is 1. The predicted octanol–water partition coefficient (Wildman–Crippen LogP) is -4.66. The number of nitrogens with one attached hydrogen (secondary N) is 1. The Morgan fingerprint density at radius 2 is 2.04 bits per heavy atom. The maximum Gasteiger partial charge on any atom is 1.00 e. The SMILES string of the molecule is CCC(C(=O)N[C@@H]1C(=O)N2[C@@H]1SC(C)(C)[C@@H]2C(=O)[O-])[N+](=O)[O-].[Na+]. The predicted molar refractivity (Wildman–Crippen MR) is 74.1 cm³/mol. The molecule has 1 N–H and O–H groups in total. The number of hydrogen-bond acceptors (Lipinski definition) is 7. The average molecular weight is 353 g/mol. The molecule has 2 aliphatic rings. The number of carboxylic acid groups (broad SMARTS) is 1. The second-order valence-electron chi connectivity index (χ2n) is 5.77. The summed E-state index contributed by atoms with van der Waals surface area (Å²) in [6, 6.07) is -3.44. The quantitative estimate of drug-likeness (QED) is 0.227. The van der Waals surface area contributed by atoms with E-state index in [1.165, 1.54) is 18.7 Å². The van der Waals surface area contributed by atoms with Gasteiger partial charge in [0.15, 0.2) is 0 Å². The molecule has 2 amide bonds. The largest absolute Gasteiger partial charge is 1.00 e. The molecule has 0 bridgehead atoms. The van der Waals surface area contributed by atoms with Crippen molar-refractivity contribution >= 4 is 29.5 Å². The Kier molecular flexibility index (Phi) is 6.11. The minimum absolute atomic E-state index is 0. The van der Waals surface area contributed by atoms with Crippen LogP contribution >= 0.6 is 11.8 Å². The van der Waals surface area contributed by atoms with Gasteiger partial charge in [0.25, 0.3) is 11.9 Å². The first kappa shape index (κ1) is 20.2. The first-order chi connectivity index (χ1) is 10.1. The third-order valence-corrected chi connectivity index (χ3v) is 5.48. The average Bonchev–Trinajstić information content (AvgIpc) is 2.65. The first-order valence-corrected chi connectivity index (χ1v) is 7.64. The molecule has 2 rings (SSSR count). The Balaban J connectivity index is 0.00000264. The zero-order chi connectivity index (χ0) is 16.8. The maximum atomic E-state index is 12.1. The Morgan fingerprint density at radius 1 is 1.48 bits per heavy atom. The summed E-state index contributed by atoms with van der Waals surface area (Å²) in [5, 5.41) is 23.8. The van der Waals surface area contributed by atoms with Crippen molar-refractivity contribution in [2.75, 3.05) is 0 Å². The van der Waals surface area contributed by atoms with Gasteiger partial charge in [-0.1, -0.05) is 6.92 Å². The van der Waals surface area contributed by atoms with Gasteiger partial charge < -0.3 is 20.1 Å². The third-order valence-electron chi connectivity index (χ3n) is 3.91. The number of thioether (sulfide) groups is 1. The van der Waals surface area contributed by atoms with E-state index in [0.717, 1.165) is 4.90 Å². The molecule has 0 aromatic heterocycles. The van der Waals surface area contributed by atoms with Crippen molar-refractivity contribution in [1.82, 2.24) is 10.2 Å². The molecule has 0 saturated carbocycles. The molecular formula is C12H16N3NaO6S. The smallest absolute Gasteiger partial charge is 0.548 e. The van der Waals surface area contributed by atoms with Crippen LogP contribution < -0.4 is 40.0 Å². The summed E-state index contributed by atoms with van der Waals surface area (Å²) < 4.78 is -0.758. The van der Waals surface area contributed by atoms with Crippen LogP contribution in [0.5, 0.6) is 0 Å². The number of carboxylic acids is 1. The molecule has 0 aromatic rings. The molecule has 2 heterocycles. The van der Waals surface area contributed by atoms with Crippen LogP contribution in [0.25, 0.3) is 0 Å². The molecule has 2 saturated heterocycles. The van der Waals surface area contributed by atoms with Gasteiger partial charge in [0, 0.05) is 16.1 Å². The monoisotopic (exact) mass is 353 g/mol. The fraction of sp³-hybridized carbons (Fsp3) is 0.750. The van der Waals surface area contributed by atoms with Crippen LogP contribution in [0.2, 0.25) is 0 Å². The number of β-lactam (4-membered cyclic amide) rings is 1. The summed E-state index contributed by atoms with van der Waals surface area (Å²) in [5.41, 5.74) is 0. The Labute approximate surface area is 159 Å². The zero-order valence-electron chi connectivity index (χ0n) is 13.3. The van der Waals surface area contributed by atoms with Gasteiger partial charge in [-0.3, -0.25) is 19.7 Å². The van der Waals surface area contributed by atoms with Crippen LogP contribution in [0.1, 0.15) is 27.2 Å². The van der Waals surface area contributed by atoms with E-state index in [1.807, 2.05) is 0 Å². The topological polar surface area (TPSA) is 133 Å². The van der Waals surface area contributed by atoms with Crippen molar-refractivity contribution in [3.8, 4) is 0 Å². The van der Waals surface area contributed by atoms with Gasteiger partial charge >= 0.3 is 29.6 Å². The van der Waals surface area contributed by atoms with Crippen molar-refractivity contribution in [2.24, 2.45) is 0 Å². The molecular weight excluding hydrogens is 337 g/mol. The van der Waals surface area contributed by atoms with Crippen LogP contribution in [0.15, 0.2) is 0 Å². The molecule has 2 aliphatic heterocycles. The van der Waals surface area contributed by atoms with Gasteiger partial charge in [0.2, 0.25) is 5.91 Å². The van der Waals surface area contributed by atoms with E-state index in [2.05, 4.69) is 5.32 Å². The molecule has 2 fully saturated rings. The first-order valence-electron chi connectivity index (χ1n) is 6.76. The van der Waals surface area contributed by atoms with Crippen molar-refractivity contribution in [1.29, 1.82) is 0 Å². The fourth-order valence-corrected chi connectivity index (χ4v) is 4.43. The summed E-state index contributed by atoms with van der Waals surface area (Å²) >= 11 is 1.24. The molecule has 0 aliphatic carbocycles. The minimum atomic E-state index is -1.42. The van der Waals surface area contributed by atoms with Crippen molar-refractivity contribution in [3.05, 3.63) is 10.1 Å². The zero-order valence-corrected chi connectivity index (χ0v) is 16.1. The molecule has 4 atom stereocenters. The number of carbonyl (C=O) groups excluding carboxylic acids is 3. The van der Waals surface area contributed by atoms with Gasteiger partial charge in [0.1, 0.15) is 11.4 Å². The summed E-state index contributed by atoms with van der Waals surface area (Å²) in [6.45, 7) is 4.85. The van der Waals surface area contributed by atoms with E-state index in [9.17, 15) is 29.6 Å². The van der Waals surface area contributed by atoms with Gasteiger partial charge in [-0.05, 0) is 13.8 Å². The van der Waals surface area contributed by atoms with E-state index in [0.29, 0.717) is 0 Å². The van der Waals surface area contributed by atoms with Crippen molar-refractivity contribution in [3.63, 3.8) is 0 Å². The maximum absolute atomic E-state index is 12.1. The van der Waals surface area contributed by atoms with Gasteiger partial charge in [-0.25, -0.2) is 0 Å². The number of nitrogens with zero attached hydrogens (tertiary/aromatic N) is 2. The van der Waals surface area contributed by atoms with E-state index in [4.69, 9.17) is 0 Å². The number of fused-ring (bicyclic) bond motifs is 1. The molecule has 1 unspecified atom stereocenters. The number of hydrogen-bond donors (Lipinski definition) is 1. The van der Waals surface area contributed by atoms with E-state index >= 15 is 0 Å². The van der Waals surface area contributed by atoms with Gasteiger partial charge in [-0.15, -0.1) is 11.8 Å². The van der Waals surface area contributed by atoms with Crippen molar-refractivity contribution < 1.29 is 54.0 Å². The summed E-state index contributed by atoms with van der Waals surface area (Å²) in [6.07, 6.45) is 0.00836. The standard InChI is InChI=1S/C12H17N3O6S.Na/c1-4-5(15(20)21)8(16)13-6-9(17)14-7(11(18)19)12(2,3)22-10(6)14;/h5-7,10H,4H2,1-3H3,(H,13,16)(H,18,19);/q;+1/p-1/t5?,6-,7+,10-;/m1./s1. The van der Waals surface area contributed by atoms with Crippen LogP contribution in [0.4, 0.5) is 0 Å². The Bertz CT molecular complexity index is 557. The van der Waals surface area contributed by atoms with E-state index in [1.54, 1.807) is 13.8 Å². The second kappa shape index (κ2) is 6.96. The molecule has 9 nitrogen and oxygen atoms in total. The van der Waals surface area contributed by atoms with E-state index in [-0.39, 0.29) is 36.0 Å². The van der Waals surface area contributed by atoms with E-state index < -0.39 is 51.0 Å². The number of amides is 2. The molecule has 0 radical (unpaired) electrons. The number of rotatable bonds is 5. The van der Waals surface area contributed by atoms with Crippen LogP contribution in [-0.2, 0) is 14.4 Å². The Hall–Kier alpha value is -0.840. The van der Waals surface area contributed by atoms with Gasteiger partial charge in [-0.2, -0.15) is 0 Å². The van der Waals surface area contributed by atoms with Crippen molar-refractivity contribution in [2.45, 2.75) is 55.4 Å². The van der Waals surface area contributed by atoms with Crippen LogP contribution in [0, 0.1) is 10.1 Å². The molecule has 0 aromatic carbocycles.